The summed E-state index contributed by atoms with van der Waals surface area (Å²) < 4.78 is 2.16. The van der Waals surface area contributed by atoms with Gasteiger partial charge in [0, 0.05) is 12.0 Å². The molecule has 1 heterocycles. The van der Waals surface area contributed by atoms with Crippen LogP contribution in [0.3, 0.4) is 0 Å². The van der Waals surface area contributed by atoms with Crippen LogP contribution in [0.1, 0.15) is 51.5 Å². The topological polar surface area (TPSA) is 64.2 Å². The number of hydrogen-bond acceptors (Lipinski definition) is 4. The highest BCUT2D eigenvalue weighted by Crippen LogP contribution is 2.22. The lowest BCUT2D eigenvalue weighted by Crippen LogP contribution is -3.06. The van der Waals surface area contributed by atoms with E-state index in [9.17, 15) is 4.79 Å². The Hall–Kier alpha value is -1.86. The number of quaternary nitrogens is 1. The lowest BCUT2D eigenvalue weighted by Gasteiger charge is -2.21. The van der Waals surface area contributed by atoms with Crippen LogP contribution in [-0.4, -0.2) is 46.1 Å². The zero-order valence-electron chi connectivity index (χ0n) is 17.2. The third-order valence-electron chi connectivity index (χ3n) is 4.19. The SMILES string of the molecule is CC[C@H](c1nnc(SCC(=O)NC(C)(C)C)n1Cc1ccccc1)[NH+](C)C. The summed E-state index contributed by atoms with van der Waals surface area (Å²) in [5, 5.41) is 12.7. The fourth-order valence-electron chi connectivity index (χ4n) is 3.01. The maximum atomic E-state index is 12.2. The second kappa shape index (κ2) is 9.37. The lowest BCUT2D eigenvalue weighted by molar-refractivity contribution is -0.893. The van der Waals surface area contributed by atoms with Gasteiger partial charge in [-0.15, -0.1) is 10.2 Å². The molecule has 6 nitrogen and oxygen atoms in total. The molecule has 7 heteroatoms. The maximum Gasteiger partial charge on any atom is 0.230 e. The van der Waals surface area contributed by atoms with Crippen molar-refractivity contribution < 1.29 is 9.69 Å². The van der Waals surface area contributed by atoms with E-state index < -0.39 is 0 Å². The molecule has 2 rings (SSSR count). The van der Waals surface area contributed by atoms with E-state index in [1.807, 2.05) is 39.0 Å². The van der Waals surface area contributed by atoms with Crippen molar-refractivity contribution in [1.29, 1.82) is 0 Å². The first-order valence-electron chi connectivity index (χ1n) is 9.42. The molecule has 148 valence electrons. The van der Waals surface area contributed by atoms with Gasteiger partial charge in [0.15, 0.2) is 11.0 Å². The molecule has 1 aromatic heterocycles. The Kier molecular flexibility index (Phi) is 7.44. The van der Waals surface area contributed by atoms with E-state index in [1.165, 1.54) is 22.2 Å². The molecule has 27 heavy (non-hydrogen) atoms. The van der Waals surface area contributed by atoms with Gasteiger partial charge in [-0.05, 0) is 26.3 Å². The highest BCUT2D eigenvalue weighted by molar-refractivity contribution is 7.99. The molecule has 0 aliphatic heterocycles. The molecule has 2 aromatic rings. The van der Waals surface area contributed by atoms with Gasteiger partial charge >= 0.3 is 0 Å². The molecule has 2 N–H and O–H groups in total. The van der Waals surface area contributed by atoms with E-state index in [4.69, 9.17) is 0 Å². The number of nitrogens with zero attached hydrogens (tertiary/aromatic N) is 3. The quantitative estimate of drug-likeness (QED) is 0.676. The Balaban J connectivity index is 2.25. The summed E-state index contributed by atoms with van der Waals surface area (Å²) in [5.41, 5.74) is 0.963. The van der Waals surface area contributed by atoms with Crippen LogP contribution in [-0.2, 0) is 11.3 Å². The molecule has 1 atom stereocenters. The summed E-state index contributed by atoms with van der Waals surface area (Å²) in [5.74, 6) is 1.31. The van der Waals surface area contributed by atoms with E-state index >= 15 is 0 Å². The van der Waals surface area contributed by atoms with Crippen molar-refractivity contribution in [3.8, 4) is 0 Å². The second-order valence-corrected chi connectivity index (χ2v) is 8.98. The monoisotopic (exact) mass is 390 g/mol. The van der Waals surface area contributed by atoms with Gasteiger partial charge in [-0.1, -0.05) is 49.0 Å². The smallest absolute Gasteiger partial charge is 0.230 e. The van der Waals surface area contributed by atoms with E-state index in [1.54, 1.807) is 0 Å². The molecule has 1 aromatic carbocycles. The van der Waals surface area contributed by atoms with Crippen LogP contribution in [0.2, 0.25) is 0 Å². The maximum absolute atomic E-state index is 12.2. The summed E-state index contributed by atoms with van der Waals surface area (Å²) >= 11 is 1.44. The van der Waals surface area contributed by atoms with E-state index in [-0.39, 0.29) is 17.5 Å². The Bertz CT molecular complexity index is 737. The zero-order chi connectivity index (χ0) is 20.0. The normalized spacial score (nSPS) is 13.0. The van der Waals surface area contributed by atoms with Crippen molar-refractivity contribution in [3.63, 3.8) is 0 Å². The number of aromatic nitrogens is 3. The molecule has 1 amide bonds. The van der Waals surface area contributed by atoms with Crippen LogP contribution in [0.5, 0.6) is 0 Å². The summed E-state index contributed by atoms with van der Waals surface area (Å²) in [4.78, 5) is 13.5. The number of carbonyl (C=O) groups excluding carboxylic acids is 1. The van der Waals surface area contributed by atoms with Gasteiger partial charge in [-0.25, -0.2) is 0 Å². The first-order chi connectivity index (χ1) is 12.7. The highest BCUT2D eigenvalue weighted by atomic mass is 32.2. The molecule has 0 bridgehead atoms. The third-order valence-corrected chi connectivity index (χ3v) is 5.16. The Morgan fingerprint density at radius 3 is 2.44 bits per heavy atom. The summed E-state index contributed by atoms with van der Waals surface area (Å²) in [6, 6.07) is 10.6. The van der Waals surface area contributed by atoms with Gasteiger partial charge in [0.1, 0.15) is 6.04 Å². The summed E-state index contributed by atoms with van der Waals surface area (Å²) in [7, 11) is 4.28. The van der Waals surface area contributed by atoms with Gasteiger partial charge in [0.05, 0.1) is 26.4 Å². The molecular formula is C20H32N5OS+. The third kappa shape index (κ3) is 6.36. The standard InChI is InChI=1S/C20H31N5OS/c1-7-16(24(5)6)18-22-23-19(27-14-17(26)21-20(2,3)4)25(18)13-15-11-9-8-10-12-15/h8-12,16H,7,13-14H2,1-6H3,(H,21,26)/p+1/t16-/m1/s1. The van der Waals surface area contributed by atoms with Crippen LogP contribution >= 0.6 is 11.8 Å². The van der Waals surface area contributed by atoms with Crippen molar-refractivity contribution in [2.45, 2.75) is 57.4 Å². The molecular weight excluding hydrogens is 358 g/mol. The van der Waals surface area contributed by atoms with Crippen LogP contribution in [0, 0.1) is 0 Å². The van der Waals surface area contributed by atoms with Crippen LogP contribution in [0.15, 0.2) is 35.5 Å². The lowest BCUT2D eigenvalue weighted by atomic mass is 10.1. The molecule has 0 spiro atoms. The molecule has 0 saturated heterocycles. The van der Waals surface area contributed by atoms with Crippen molar-refractivity contribution in [3.05, 3.63) is 41.7 Å². The first kappa shape index (κ1) is 21.4. The highest BCUT2D eigenvalue weighted by Gasteiger charge is 2.25. The number of amides is 1. The minimum Gasteiger partial charge on any atom is -0.351 e. The molecule has 0 aliphatic carbocycles. The van der Waals surface area contributed by atoms with Crippen molar-refractivity contribution >= 4 is 17.7 Å². The molecule has 0 unspecified atom stereocenters. The second-order valence-electron chi connectivity index (χ2n) is 8.04. The number of benzene rings is 1. The van der Waals surface area contributed by atoms with Gasteiger partial charge in [0.2, 0.25) is 5.91 Å². The van der Waals surface area contributed by atoms with E-state index in [2.05, 4.69) is 53.2 Å². The Labute approximate surface area is 166 Å². The number of rotatable bonds is 8. The van der Waals surface area contributed by atoms with Crippen molar-refractivity contribution in [2.24, 2.45) is 0 Å². The Morgan fingerprint density at radius 1 is 1.22 bits per heavy atom. The number of carbonyl (C=O) groups is 1. The molecule has 0 fully saturated rings. The average molecular weight is 391 g/mol. The van der Waals surface area contributed by atoms with E-state index in [0.29, 0.717) is 12.3 Å². The van der Waals surface area contributed by atoms with Crippen LogP contribution < -0.4 is 10.2 Å². The van der Waals surface area contributed by atoms with Crippen molar-refractivity contribution in [2.75, 3.05) is 19.8 Å². The predicted molar refractivity (Wildman–Crippen MR) is 110 cm³/mol. The first-order valence-corrected chi connectivity index (χ1v) is 10.4. The van der Waals surface area contributed by atoms with Gasteiger partial charge in [-0.2, -0.15) is 0 Å². The molecule has 0 aliphatic rings. The minimum atomic E-state index is -0.234. The number of nitrogens with one attached hydrogen (secondary N) is 2. The van der Waals surface area contributed by atoms with Gasteiger partial charge < -0.3 is 10.2 Å². The minimum absolute atomic E-state index is 0.00795. The number of thioether (sulfide) groups is 1. The van der Waals surface area contributed by atoms with E-state index in [0.717, 1.165) is 17.4 Å². The largest absolute Gasteiger partial charge is 0.351 e. The molecule has 0 saturated carbocycles. The van der Waals surface area contributed by atoms with Crippen molar-refractivity contribution in [1.82, 2.24) is 20.1 Å². The molecule has 0 radical (unpaired) electrons. The number of hydrogen-bond donors (Lipinski definition) is 2. The fraction of sp³-hybridized carbons (Fsp3) is 0.550. The predicted octanol–water partition coefficient (Wildman–Crippen LogP) is 1.93. The van der Waals surface area contributed by atoms with Crippen LogP contribution in [0.4, 0.5) is 0 Å². The average Bonchev–Trinajstić information content (AvgIpc) is 2.95. The fourth-order valence-corrected chi connectivity index (χ4v) is 3.76. The summed E-state index contributed by atoms with van der Waals surface area (Å²) in [6.45, 7) is 8.82. The zero-order valence-corrected chi connectivity index (χ0v) is 18.1. The van der Waals surface area contributed by atoms with Crippen LogP contribution in [0.25, 0.3) is 0 Å². The van der Waals surface area contributed by atoms with Gasteiger partial charge in [-0.3, -0.25) is 9.36 Å². The Morgan fingerprint density at radius 2 is 1.89 bits per heavy atom. The summed E-state index contributed by atoms with van der Waals surface area (Å²) in [6.07, 6.45) is 0.977. The van der Waals surface area contributed by atoms with Gasteiger partial charge in [0.25, 0.3) is 0 Å².